The largest absolute Gasteiger partial charge is 0.394 e. The Morgan fingerprint density at radius 1 is 1.13 bits per heavy atom. The Morgan fingerprint density at radius 2 is 1.70 bits per heavy atom. The summed E-state index contributed by atoms with van der Waals surface area (Å²) in [5, 5.41) is 9.96. The van der Waals surface area contributed by atoms with E-state index in [2.05, 4.69) is 0 Å². The Labute approximate surface area is 144 Å². The second kappa shape index (κ2) is 7.05. The Morgan fingerprint density at radius 3 is 2.26 bits per heavy atom. The molecule has 0 bridgehead atoms. The summed E-state index contributed by atoms with van der Waals surface area (Å²) >= 11 is 11.6. The minimum absolute atomic E-state index is 0.0680. The highest BCUT2D eigenvalue weighted by Gasteiger charge is 2.31. The van der Waals surface area contributed by atoms with Crippen molar-refractivity contribution in [1.29, 1.82) is 0 Å². The molecule has 2 aromatic carbocycles. The third-order valence-electron chi connectivity index (χ3n) is 3.18. The number of anilines is 1. The van der Waals surface area contributed by atoms with Gasteiger partial charge in [0.15, 0.2) is 0 Å². The van der Waals surface area contributed by atoms with E-state index in [1.165, 1.54) is 43.3 Å². The third-order valence-corrected chi connectivity index (χ3v) is 5.61. The van der Waals surface area contributed by atoms with E-state index in [1.54, 1.807) is 0 Å². The number of rotatable bonds is 5. The number of aliphatic hydroxyl groups is 1. The fourth-order valence-corrected chi connectivity index (χ4v) is 3.99. The Kier molecular flexibility index (Phi) is 5.52. The van der Waals surface area contributed by atoms with Gasteiger partial charge in [-0.25, -0.2) is 12.8 Å². The fraction of sp³-hybridized carbons (Fsp3) is 0.200. The van der Waals surface area contributed by atoms with E-state index in [0.717, 1.165) is 10.4 Å². The molecule has 0 radical (unpaired) electrons. The van der Waals surface area contributed by atoms with Crippen LogP contribution >= 0.6 is 23.2 Å². The van der Waals surface area contributed by atoms with Crippen LogP contribution in [0.15, 0.2) is 47.4 Å². The van der Waals surface area contributed by atoms with Gasteiger partial charge in [0.05, 0.1) is 23.2 Å². The lowest BCUT2D eigenvalue weighted by molar-refractivity contribution is 0.274. The average molecular weight is 378 g/mol. The van der Waals surface area contributed by atoms with Crippen LogP contribution < -0.4 is 4.31 Å². The van der Waals surface area contributed by atoms with Gasteiger partial charge < -0.3 is 5.11 Å². The van der Waals surface area contributed by atoms with Crippen molar-refractivity contribution in [2.45, 2.75) is 17.9 Å². The quantitative estimate of drug-likeness (QED) is 0.863. The molecule has 124 valence electrons. The summed E-state index contributed by atoms with van der Waals surface area (Å²) in [7, 11) is -4.11. The second-order valence-electron chi connectivity index (χ2n) is 4.88. The number of hydrogen-bond acceptors (Lipinski definition) is 3. The monoisotopic (exact) mass is 377 g/mol. The predicted molar refractivity (Wildman–Crippen MR) is 89.1 cm³/mol. The number of sulfonamides is 1. The van der Waals surface area contributed by atoms with Gasteiger partial charge in [-0.15, -0.1) is 0 Å². The maximum atomic E-state index is 14.2. The van der Waals surface area contributed by atoms with Crippen LogP contribution in [0.3, 0.4) is 0 Å². The van der Waals surface area contributed by atoms with Crippen LogP contribution in [0.1, 0.15) is 6.92 Å². The molecule has 1 unspecified atom stereocenters. The molecule has 2 rings (SSSR count). The van der Waals surface area contributed by atoms with Gasteiger partial charge in [-0.2, -0.15) is 0 Å². The summed E-state index contributed by atoms with van der Waals surface area (Å²) in [4.78, 5) is -0.0680. The van der Waals surface area contributed by atoms with Crippen molar-refractivity contribution < 1.29 is 17.9 Å². The molecule has 0 fully saturated rings. The van der Waals surface area contributed by atoms with Crippen LogP contribution in [0, 0.1) is 5.82 Å². The van der Waals surface area contributed by atoms with E-state index in [1.807, 2.05) is 0 Å². The van der Waals surface area contributed by atoms with Crippen LogP contribution in [-0.2, 0) is 10.0 Å². The lowest BCUT2D eigenvalue weighted by Crippen LogP contribution is -2.41. The van der Waals surface area contributed by atoms with Gasteiger partial charge in [0.1, 0.15) is 5.82 Å². The van der Waals surface area contributed by atoms with E-state index in [-0.39, 0.29) is 15.6 Å². The standard InChI is InChI=1S/C15H14Cl2FNO3S/c1-10(9-20)19(15-8-12(17)4-7-14(15)18)23(21,22)13-5-2-11(16)3-6-13/h2-8,10,20H,9H2,1H3. The highest BCUT2D eigenvalue weighted by atomic mass is 35.5. The average Bonchev–Trinajstić information content (AvgIpc) is 2.51. The minimum atomic E-state index is -4.11. The van der Waals surface area contributed by atoms with E-state index in [4.69, 9.17) is 23.2 Å². The van der Waals surface area contributed by atoms with E-state index in [0.29, 0.717) is 5.02 Å². The molecule has 8 heteroatoms. The summed E-state index contributed by atoms with van der Waals surface area (Å²) in [6.45, 7) is 0.979. The van der Waals surface area contributed by atoms with Crippen molar-refractivity contribution in [1.82, 2.24) is 0 Å². The van der Waals surface area contributed by atoms with Gasteiger partial charge in [0, 0.05) is 10.0 Å². The number of hydrogen-bond donors (Lipinski definition) is 1. The van der Waals surface area contributed by atoms with Crippen molar-refractivity contribution in [2.75, 3.05) is 10.9 Å². The van der Waals surface area contributed by atoms with Gasteiger partial charge in [-0.1, -0.05) is 23.2 Å². The molecule has 23 heavy (non-hydrogen) atoms. The molecule has 0 saturated heterocycles. The predicted octanol–water partition coefficient (Wildman–Crippen LogP) is 3.71. The summed E-state index contributed by atoms with van der Waals surface area (Å²) in [6.07, 6.45) is 0. The Balaban J connectivity index is 2.63. The maximum absolute atomic E-state index is 14.2. The van der Waals surface area contributed by atoms with Gasteiger partial charge >= 0.3 is 0 Å². The van der Waals surface area contributed by atoms with Crippen LogP contribution in [0.5, 0.6) is 0 Å². The van der Waals surface area contributed by atoms with Gasteiger partial charge in [-0.3, -0.25) is 4.31 Å². The van der Waals surface area contributed by atoms with Crippen LogP contribution in [-0.4, -0.2) is 26.2 Å². The van der Waals surface area contributed by atoms with E-state index >= 15 is 0 Å². The Hall–Kier alpha value is -1.34. The van der Waals surface area contributed by atoms with Gasteiger partial charge in [0.25, 0.3) is 10.0 Å². The zero-order valence-corrected chi connectivity index (χ0v) is 14.4. The lowest BCUT2D eigenvalue weighted by Gasteiger charge is -2.29. The lowest BCUT2D eigenvalue weighted by atomic mass is 10.2. The van der Waals surface area contributed by atoms with Crippen molar-refractivity contribution in [2.24, 2.45) is 0 Å². The van der Waals surface area contributed by atoms with Crippen LogP contribution in [0.25, 0.3) is 0 Å². The summed E-state index contributed by atoms with van der Waals surface area (Å²) in [5.74, 6) is -0.757. The molecule has 0 aromatic heterocycles. The first-order valence-electron chi connectivity index (χ1n) is 6.63. The molecule has 0 heterocycles. The van der Waals surface area contributed by atoms with Crippen molar-refractivity contribution in [3.63, 3.8) is 0 Å². The topological polar surface area (TPSA) is 57.6 Å². The van der Waals surface area contributed by atoms with Crippen molar-refractivity contribution in [3.05, 3.63) is 58.3 Å². The molecular formula is C15H14Cl2FNO3S. The van der Waals surface area contributed by atoms with E-state index < -0.39 is 28.5 Å². The zero-order chi connectivity index (χ0) is 17.2. The van der Waals surface area contributed by atoms with Gasteiger partial charge in [0.2, 0.25) is 0 Å². The van der Waals surface area contributed by atoms with Crippen molar-refractivity contribution >= 4 is 38.9 Å². The molecule has 0 amide bonds. The third kappa shape index (κ3) is 3.77. The molecule has 1 atom stereocenters. The molecule has 2 aromatic rings. The number of aliphatic hydroxyl groups excluding tert-OH is 1. The summed E-state index contributed by atoms with van der Waals surface area (Å²) < 4.78 is 40.7. The molecule has 0 saturated carbocycles. The highest BCUT2D eigenvalue weighted by molar-refractivity contribution is 7.92. The SMILES string of the molecule is CC(CO)N(c1cc(Cl)ccc1F)S(=O)(=O)c1ccc(Cl)cc1. The van der Waals surface area contributed by atoms with Gasteiger partial charge in [-0.05, 0) is 49.4 Å². The highest BCUT2D eigenvalue weighted by Crippen LogP contribution is 2.31. The molecule has 0 aliphatic heterocycles. The zero-order valence-electron chi connectivity index (χ0n) is 12.1. The van der Waals surface area contributed by atoms with Crippen LogP contribution in [0.4, 0.5) is 10.1 Å². The molecule has 4 nitrogen and oxygen atoms in total. The van der Waals surface area contributed by atoms with Crippen molar-refractivity contribution in [3.8, 4) is 0 Å². The first kappa shape index (κ1) is 18.0. The first-order valence-corrected chi connectivity index (χ1v) is 8.83. The molecular weight excluding hydrogens is 364 g/mol. The fourth-order valence-electron chi connectivity index (χ4n) is 2.05. The smallest absolute Gasteiger partial charge is 0.264 e. The molecule has 1 N–H and O–H groups in total. The number of nitrogens with zero attached hydrogens (tertiary/aromatic N) is 1. The molecule has 0 aliphatic carbocycles. The number of halogens is 3. The Bertz CT molecular complexity index is 797. The number of benzene rings is 2. The second-order valence-corrected chi connectivity index (χ2v) is 7.57. The maximum Gasteiger partial charge on any atom is 0.264 e. The van der Waals surface area contributed by atoms with Crippen LogP contribution in [0.2, 0.25) is 10.0 Å². The van der Waals surface area contributed by atoms with E-state index in [9.17, 15) is 17.9 Å². The molecule has 0 aliphatic rings. The molecule has 0 spiro atoms. The summed E-state index contributed by atoms with van der Waals surface area (Å²) in [6, 6.07) is 8.19. The normalized spacial score (nSPS) is 12.9. The minimum Gasteiger partial charge on any atom is -0.394 e. The first-order chi connectivity index (χ1) is 10.8. The summed E-state index contributed by atoms with van der Waals surface area (Å²) in [5.41, 5.74) is -0.228.